The second-order valence-electron chi connectivity index (χ2n) is 2.44. The highest BCUT2D eigenvalue weighted by Crippen LogP contribution is 2.15. The van der Waals surface area contributed by atoms with Crippen LogP contribution >= 0.6 is 15.9 Å². The minimum absolute atomic E-state index is 0.187. The molecule has 0 radical (unpaired) electrons. The molecule has 70 valence electrons. The number of hydrogen-bond donors (Lipinski definition) is 1. The van der Waals surface area contributed by atoms with Crippen molar-refractivity contribution in [1.82, 2.24) is 0 Å². The first-order valence-electron chi connectivity index (χ1n) is 3.78. The molecule has 0 fully saturated rings. The Kier molecular flexibility index (Phi) is 3.76. The van der Waals surface area contributed by atoms with E-state index in [0.717, 1.165) is 10.2 Å². The average Bonchev–Trinajstić information content (AvgIpc) is 2.14. The number of esters is 1. The summed E-state index contributed by atoms with van der Waals surface area (Å²) >= 11 is 3.33. The summed E-state index contributed by atoms with van der Waals surface area (Å²) in [4.78, 5) is 10.8. The van der Waals surface area contributed by atoms with E-state index in [0.29, 0.717) is 0 Å². The van der Waals surface area contributed by atoms with Crippen LogP contribution in [0, 0.1) is 0 Å². The average molecular weight is 244 g/mol. The molecule has 0 saturated heterocycles. The van der Waals surface area contributed by atoms with E-state index in [4.69, 9.17) is 0 Å². The van der Waals surface area contributed by atoms with Crippen LogP contribution in [0.25, 0.3) is 0 Å². The van der Waals surface area contributed by atoms with Crippen LogP contribution in [0.4, 0.5) is 5.69 Å². The Labute approximate surface area is 85.2 Å². The van der Waals surface area contributed by atoms with Crippen LogP contribution in [0.3, 0.4) is 0 Å². The Hall–Kier alpha value is -1.03. The van der Waals surface area contributed by atoms with Gasteiger partial charge in [0.1, 0.15) is 6.54 Å². The van der Waals surface area contributed by atoms with Crippen LogP contribution in [0.15, 0.2) is 28.7 Å². The molecule has 0 amide bonds. The van der Waals surface area contributed by atoms with Gasteiger partial charge in [0.05, 0.1) is 7.11 Å². The van der Waals surface area contributed by atoms with Gasteiger partial charge in [-0.1, -0.05) is 22.0 Å². The van der Waals surface area contributed by atoms with Crippen LogP contribution in [0.1, 0.15) is 0 Å². The zero-order valence-electron chi connectivity index (χ0n) is 7.21. The molecule has 13 heavy (non-hydrogen) atoms. The lowest BCUT2D eigenvalue weighted by atomic mass is 10.3. The van der Waals surface area contributed by atoms with Crippen molar-refractivity contribution in [2.45, 2.75) is 0 Å². The van der Waals surface area contributed by atoms with Gasteiger partial charge in [-0.15, -0.1) is 0 Å². The first kappa shape index (κ1) is 10.1. The Balaban J connectivity index is 2.50. The zero-order valence-corrected chi connectivity index (χ0v) is 8.80. The number of anilines is 1. The number of nitrogens with one attached hydrogen (secondary N) is 1. The van der Waals surface area contributed by atoms with Gasteiger partial charge in [-0.05, 0) is 18.2 Å². The summed E-state index contributed by atoms with van der Waals surface area (Å²) in [5.41, 5.74) is 0.889. The number of halogens is 1. The molecule has 1 rings (SSSR count). The fourth-order valence-corrected chi connectivity index (χ4v) is 1.24. The number of methoxy groups -OCH3 is 1. The van der Waals surface area contributed by atoms with Gasteiger partial charge in [0.15, 0.2) is 0 Å². The zero-order chi connectivity index (χ0) is 9.68. The predicted octanol–water partition coefficient (Wildman–Crippen LogP) is 2.03. The molecular weight excluding hydrogens is 234 g/mol. The largest absolute Gasteiger partial charge is 0.468 e. The number of benzene rings is 1. The quantitative estimate of drug-likeness (QED) is 0.827. The van der Waals surface area contributed by atoms with E-state index in [1.807, 2.05) is 24.3 Å². The van der Waals surface area contributed by atoms with Gasteiger partial charge in [0.25, 0.3) is 0 Å². The fraction of sp³-hybridized carbons (Fsp3) is 0.222. The van der Waals surface area contributed by atoms with Crippen molar-refractivity contribution in [3.05, 3.63) is 28.7 Å². The maximum absolute atomic E-state index is 10.8. The molecule has 3 nitrogen and oxygen atoms in total. The molecule has 0 aliphatic rings. The molecule has 0 heterocycles. The normalized spacial score (nSPS) is 9.38. The minimum Gasteiger partial charge on any atom is -0.468 e. The maximum atomic E-state index is 10.8. The monoisotopic (exact) mass is 243 g/mol. The van der Waals surface area contributed by atoms with E-state index in [2.05, 4.69) is 26.0 Å². The van der Waals surface area contributed by atoms with E-state index in [-0.39, 0.29) is 12.5 Å². The maximum Gasteiger partial charge on any atom is 0.325 e. The van der Waals surface area contributed by atoms with Crippen LogP contribution in [-0.4, -0.2) is 19.6 Å². The molecule has 0 aliphatic carbocycles. The highest BCUT2D eigenvalue weighted by atomic mass is 79.9. The second kappa shape index (κ2) is 4.87. The summed E-state index contributed by atoms with van der Waals surface area (Å²) in [5.74, 6) is -0.278. The summed E-state index contributed by atoms with van der Waals surface area (Å²) < 4.78 is 5.46. The first-order chi connectivity index (χ1) is 6.22. The Morgan fingerprint density at radius 1 is 1.62 bits per heavy atom. The summed E-state index contributed by atoms with van der Waals surface area (Å²) in [6.07, 6.45) is 0. The van der Waals surface area contributed by atoms with E-state index in [9.17, 15) is 4.79 Å². The molecule has 0 aliphatic heterocycles. The molecule has 4 heteroatoms. The van der Waals surface area contributed by atoms with Gasteiger partial charge in [-0.3, -0.25) is 4.79 Å². The first-order valence-corrected chi connectivity index (χ1v) is 4.58. The summed E-state index contributed by atoms with van der Waals surface area (Å²) in [6.45, 7) is 0.187. The summed E-state index contributed by atoms with van der Waals surface area (Å²) in [7, 11) is 1.37. The molecule has 0 unspecified atom stereocenters. The number of ether oxygens (including phenoxy) is 1. The minimum atomic E-state index is -0.278. The number of rotatable bonds is 3. The van der Waals surface area contributed by atoms with Crippen molar-refractivity contribution < 1.29 is 9.53 Å². The summed E-state index contributed by atoms with van der Waals surface area (Å²) in [5, 5.41) is 2.93. The van der Waals surface area contributed by atoms with Crippen molar-refractivity contribution in [3.63, 3.8) is 0 Å². The SMILES string of the molecule is COC(=O)CNc1cccc(Br)c1. The Bertz CT molecular complexity index is 301. The third-order valence-electron chi connectivity index (χ3n) is 1.49. The lowest BCUT2D eigenvalue weighted by Crippen LogP contribution is -2.14. The summed E-state index contributed by atoms with van der Waals surface area (Å²) in [6, 6.07) is 7.59. The number of hydrogen-bond acceptors (Lipinski definition) is 3. The van der Waals surface area contributed by atoms with Gasteiger partial charge >= 0.3 is 5.97 Å². The fourth-order valence-electron chi connectivity index (χ4n) is 0.845. The van der Waals surface area contributed by atoms with Gasteiger partial charge in [-0.2, -0.15) is 0 Å². The molecule has 1 aromatic rings. The van der Waals surface area contributed by atoms with E-state index < -0.39 is 0 Å². The van der Waals surface area contributed by atoms with Crippen LogP contribution in [-0.2, 0) is 9.53 Å². The van der Waals surface area contributed by atoms with Gasteiger partial charge in [0.2, 0.25) is 0 Å². The smallest absolute Gasteiger partial charge is 0.325 e. The lowest BCUT2D eigenvalue weighted by Gasteiger charge is -2.04. The molecule has 0 bridgehead atoms. The molecule has 0 saturated carbocycles. The van der Waals surface area contributed by atoms with Crippen molar-refractivity contribution in [2.75, 3.05) is 19.0 Å². The van der Waals surface area contributed by atoms with E-state index >= 15 is 0 Å². The third-order valence-corrected chi connectivity index (χ3v) is 1.98. The standard InChI is InChI=1S/C9H10BrNO2/c1-13-9(12)6-11-8-4-2-3-7(10)5-8/h2-5,11H,6H2,1H3. The number of carbonyl (C=O) groups excluding carboxylic acids is 1. The third kappa shape index (κ3) is 3.46. The van der Waals surface area contributed by atoms with E-state index in [1.165, 1.54) is 7.11 Å². The molecule has 0 atom stereocenters. The van der Waals surface area contributed by atoms with Crippen molar-refractivity contribution in [1.29, 1.82) is 0 Å². The predicted molar refractivity (Wildman–Crippen MR) is 54.6 cm³/mol. The van der Waals surface area contributed by atoms with Gasteiger partial charge in [0, 0.05) is 10.2 Å². The van der Waals surface area contributed by atoms with Gasteiger partial charge in [-0.25, -0.2) is 0 Å². The van der Waals surface area contributed by atoms with Crippen molar-refractivity contribution in [3.8, 4) is 0 Å². The second-order valence-corrected chi connectivity index (χ2v) is 3.36. The van der Waals surface area contributed by atoms with Crippen LogP contribution in [0.2, 0.25) is 0 Å². The highest BCUT2D eigenvalue weighted by Gasteiger charge is 1.98. The van der Waals surface area contributed by atoms with E-state index in [1.54, 1.807) is 0 Å². The molecule has 0 spiro atoms. The van der Waals surface area contributed by atoms with Gasteiger partial charge < -0.3 is 10.1 Å². The molecule has 1 aromatic carbocycles. The molecule has 1 N–H and O–H groups in total. The van der Waals surface area contributed by atoms with Crippen LogP contribution in [0.5, 0.6) is 0 Å². The highest BCUT2D eigenvalue weighted by molar-refractivity contribution is 9.10. The van der Waals surface area contributed by atoms with Crippen molar-refractivity contribution >= 4 is 27.6 Å². The topological polar surface area (TPSA) is 38.3 Å². The Morgan fingerprint density at radius 2 is 2.38 bits per heavy atom. The Morgan fingerprint density at radius 3 is 3.00 bits per heavy atom. The molecular formula is C9H10BrNO2. The van der Waals surface area contributed by atoms with Crippen LogP contribution < -0.4 is 5.32 Å². The number of carbonyl (C=O) groups is 1. The van der Waals surface area contributed by atoms with Crippen molar-refractivity contribution in [2.24, 2.45) is 0 Å². The lowest BCUT2D eigenvalue weighted by molar-refractivity contribution is -0.138. The molecule has 0 aromatic heterocycles.